The van der Waals surface area contributed by atoms with Crippen molar-refractivity contribution in [2.45, 2.75) is 25.8 Å². The largest absolute Gasteiger partial charge is 0.503 e. The molecule has 1 atom stereocenters. The molecule has 4 rings (SSSR count). The van der Waals surface area contributed by atoms with Gasteiger partial charge in [0.25, 0.3) is 5.91 Å². The van der Waals surface area contributed by atoms with Crippen molar-refractivity contribution in [3.63, 3.8) is 0 Å². The molecule has 3 heterocycles. The van der Waals surface area contributed by atoms with Crippen LogP contribution in [0.1, 0.15) is 40.8 Å². The molecule has 1 aromatic carbocycles. The fraction of sp³-hybridized carbons (Fsp3) is 0.417. The van der Waals surface area contributed by atoms with E-state index in [2.05, 4.69) is 4.90 Å². The predicted molar refractivity (Wildman–Crippen MR) is 117 cm³/mol. The van der Waals surface area contributed by atoms with Crippen LogP contribution >= 0.6 is 0 Å². The Balaban J connectivity index is 1.78. The van der Waals surface area contributed by atoms with E-state index in [4.69, 9.17) is 13.9 Å². The van der Waals surface area contributed by atoms with E-state index in [0.29, 0.717) is 35.9 Å². The van der Waals surface area contributed by atoms with Gasteiger partial charge in [-0.1, -0.05) is 0 Å². The van der Waals surface area contributed by atoms with Crippen molar-refractivity contribution >= 4 is 11.7 Å². The Kier molecular flexibility index (Phi) is 6.23. The average molecular weight is 440 g/mol. The summed E-state index contributed by atoms with van der Waals surface area (Å²) < 4.78 is 16.4. The van der Waals surface area contributed by atoms with Gasteiger partial charge in [-0.3, -0.25) is 9.59 Å². The number of furan rings is 1. The highest BCUT2D eigenvalue weighted by atomic mass is 16.5. The average Bonchev–Trinajstić information content (AvgIpc) is 3.53. The van der Waals surface area contributed by atoms with Crippen molar-refractivity contribution in [2.24, 2.45) is 0 Å². The number of Topliss-reactive ketones (excluding diaryl/α,β-unsaturated/α-hetero) is 1. The Hall–Kier alpha value is -3.26. The fourth-order valence-electron chi connectivity index (χ4n) is 4.44. The van der Waals surface area contributed by atoms with Gasteiger partial charge >= 0.3 is 0 Å². The molecule has 1 aromatic heterocycles. The zero-order chi connectivity index (χ0) is 22.8. The minimum atomic E-state index is -0.826. The first-order chi connectivity index (χ1) is 15.4. The zero-order valence-corrected chi connectivity index (χ0v) is 18.6. The number of ketones is 1. The number of aliphatic hydroxyl groups is 1. The first kappa shape index (κ1) is 22.0. The normalized spacial score (nSPS) is 19.2. The molecule has 1 amide bonds. The predicted octanol–water partition coefficient (Wildman–Crippen LogP) is 3.28. The highest BCUT2D eigenvalue weighted by Crippen LogP contribution is 2.43. The quantitative estimate of drug-likeness (QED) is 0.630. The van der Waals surface area contributed by atoms with Gasteiger partial charge in [0.2, 0.25) is 5.78 Å². The number of amides is 1. The summed E-state index contributed by atoms with van der Waals surface area (Å²) in [6.07, 6.45) is 2.26. The summed E-state index contributed by atoms with van der Waals surface area (Å²) in [5, 5.41) is 10.8. The number of nitrogens with zero attached hydrogens (tertiary/aromatic N) is 2. The van der Waals surface area contributed by atoms with Crippen LogP contribution in [0.5, 0.6) is 11.5 Å². The van der Waals surface area contributed by atoms with Crippen LogP contribution in [-0.4, -0.2) is 67.0 Å². The van der Waals surface area contributed by atoms with Gasteiger partial charge in [-0.15, -0.1) is 0 Å². The molecule has 2 aliphatic heterocycles. The van der Waals surface area contributed by atoms with E-state index in [9.17, 15) is 14.7 Å². The number of carbonyl (C=O) groups is 2. The van der Waals surface area contributed by atoms with Crippen molar-refractivity contribution in [3.05, 3.63) is 58.7 Å². The molecule has 32 heavy (non-hydrogen) atoms. The number of rotatable bonds is 8. The lowest BCUT2D eigenvalue weighted by Gasteiger charge is -2.29. The number of likely N-dealkylation sites (tertiary alicyclic amines) is 1. The molecule has 0 radical (unpaired) electrons. The lowest BCUT2D eigenvalue weighted by molar-refractivity contribution is -0.129. The molecule has 8 heteroatoms. The number of hydrogen-bond acceptors (Lipinski definition) is 7. The maximum atomic E-state index is 13.4. The fourth-order valence-corrected chi connectivity index (χ4v) is 4.44. The standard InChI is InChI=1S/C24H28N2O6/c1-15-6-8-19(32-15)22(27)20-21(17-14-16(30-2)7-9-18(17)31-3)26(24(29)23(20)28)13-12-25-10-4-5-11-25/h6-9,14,21,28H,4-5,10-13H2,1-3H3. The molecular formula is C24H28N2O6. The summed E-state index contributed by atoms with van der Waals surface area (Å²) in [7, 11) is 3.07. The van der Waals surface area contributed by atoms with Crippen LogP contribution in [0, 0.1) is 6.92 Å². The van der Waals surface area contributed by atoms with Crippen LogP contribution in [0.4, 0.5) is 0 Å². The molecule has 170 valence electrons. The molecule has 0 bridgehead atoms. The lowest BCUT2D eigenvalue weighted by atomic mass is 9.94. The van der Waals surface area contributed by atoms with Gasteiger partial charge in [-0.2, -0.15) is 0 Å². The smallest absolute Gasteiger partial charge is 0.290 e. The van der Waals surface area contributed by atoms with E-state index in [0.717, 1.165) is 25.9 Å². The van der Waals surface area contributed by atoms with E-state index in [-0.39, 0.29) is 11.3 Å². The Morgan fingerprint density at radius 2 is 1.88 bits per heavy atom. The first-order valence-electron chi connectivity index (χ1n) is 10.7. The van der Waals surface area contributed by atoms with Crippen LogP contribution in [-0.2, 0) is 4.79 Å². The summed E-state index contributed by atoms with van der Waals surface area (Å²) in [6.45, 7) is 4.71. The molecule has 0 saturated carbocycles. The summed E-state index contributed by atoms with van der Waals surface area (Å²) in [5.74, 6) is 0.0305. The second-order valence-electron chi connectivity index (χ2n) is 8.06. The lowest BCUT2D eigenvalue weighted by Crippen LogP contribution is -2.38. The molecular weight excluding hydrogens is 412 g/mol. The van der Waals surface area contributed by atoms with Crippen molar-refractivity contribution in [1.29, 1.82) is 0 Å². The molecule has 2 aromatic rings. The van der Waals surface area contributed by atoms with E-state index in [1.165, 1.54) is 12.0 Å². The minimum Gasteiger partial charge on any atom is -0.503 e. The summed E-state index contributed by atoms with van der Waals surface area (Å²) >= 11 is 0. The molecule has 1 unspecified atom stereocenters. The number of benzene rings is 1. The summed E-state index contributed by atoms with van der Waals surface area (Å²) in [5.41, 5.74) is 0.551. The van der Waals surface area contributed by atoms with Gasteiger partial charge in [0.15, 0.2) is 11.5 Å². The van der Waals surface area contributed by atoms with Crippen LogP contribution < -0.4 is 9.47 Å². The minimum absolute atomic E-state index is 0.0164. The van der Waals surface area contributed by atoms with Crippen molar-refractivity contribution in [1.82, 2.24) is 9.80 Å². The maximum absolute atomic E-state index is 13.4. The Morgan fingerprint density at radius 3 is 2.50 bits per heavy atom. The summed E-state index contributed by atoms with van der Waals surface area (Å²) in [6, 6.07) is 7.61. The number of methoxy groups -OCH3 is 2. The van der Waals surface area contributed by atoms with Crippen molar-refractivity contribution in [2.75, 3.05) is 40.4 Å². The van der Waals surface area contributed by atoms with Crippen LogP contribution in [0.2, 0.25) is 0 Å². The molecule has 1 N–H and O–H groups in total. The zero-order valence-electron chi connectivity index (χ0n) is 18.6. The number of ether oxygens (including phenoxy) is 2. The third kappa shape index (κ3) is 3.98. The van der Waals surface area contributed by atoms with E-state index < -0.39 is 23.5 Å². The topological polar surface area (TPSA) is 92.4 Å². The second kappa shape index (κ2) is 9.08. The van der Waals surface area contributed by atoms with E-state index in [1.807, 2.05) is 0 Å². The highest BCUT2D eigenvalue weighted by molar-refractivity contribution is 6.15. The highest BCUT2D eigenvalue weighted by Gasteiger charge is 2.45. The number of hydrogen-bond donors (Lipinski definition) is 1. The SMILES string of the molecule is COc1ccc(OC)c(C2C(C(=O)c3ccc(C)o3)=C(O)C(=O)N2CCN2CCCC2)c1. The van der Waals surface area contributed by atoms with Crippen molar-refractivity contribution < 1.29 is 28.6 Å². The molecule has 1 saturated heterocycles. The van der Waals surface area contributed by atoms with Crippen LogP contribution in [0.25, 0.3) is 0 Å². The van der Waals surface area contributed by atoms with Crippen LogP contribution in [0.15, 0.2) is 46.1 Å². The van der Waals surface area contributed by atoms with Gasteiger partial charge in [0.05, 0.1) is 25.8 Å². The van der Waals surface area contributed by atoms with E-state index in [1.54, 1.807) is 44.4 Å². The number of aliphatic hydroxyl groups excluding tert-OH is 1. The molecule has 0 spiro atoms. The van der Waals surface area contributed by atoms with E-state index >= 15 is 0 Å². The molecule has 1 fully saturated rings. The number of carbonyl (C=O) groups excluding carboxylic acids is 2. The number of aryl methyl sites for hydroxylation is 1. The first-order valence-corrected chi connectivity index (χ1v) is 10.7. The molecule has 0 aliphatic carbocycles. The summed E-state index contributed by atoms with van der Waals surface area (Å²) in [4.78, 5) is 30.3. The Bertz CT molecular complexity index is 1050. The molecule has 2 aliphatic rings. The van der Waals surface area contributed by atoms with Gasteiger partial charge in [0, 0.05) is 18.7 Å². The Labute approximate surface area is 187 Å². The second-order valence-corrected chi connectivity index (χ2v) is 8.06. The third-order valence-electron chi connectivity index (χ3n) is 6.10. The van der Waals surface area contributed by atoms with Gasteiger partial charge in [-0.05, 0) is 63.2 Å². The Morgan fingerprint density at radius 1 is 1.12 bits per heavy atom. The van der Waals surface area contributed by atoms with Gasteiger partial charge in [-0.25, -0.2) is 0 Å². The molecule has 8 nitrogen and oxygen atoms in total. The van der Waals surface area contributed by atoms with Gasteiger partial charge in [0.1, 0.15) is 17.3 Å². The van der Waals surface area contributed by atoms with Crippen LogP contribution in [0.3, 0.4) is 0 Å². The monoisotopic (exact) mass is 440 g/mol. The van der Waals surface area contributed by atoms with Gasteiger partial charge < -0.3 is 28.8 Å². The maximum Gasteiger partial charge on any atom is 0.290 e. The van der Waals surface area contributed by atoms with Crippen molar-refractivity contribution in [3.8, 4) is 11.5 Å². The third-order valence-corrected chi connectivity index (χ3v) is 6.10.